The molecule has 6 nitrogen and oxygen atoms in total. The van der Waals surface area contributed by atoms with Crippen molar-refractivity contribution >= 4 is 34.5 Å². The van der Waals surface area contributed by atoms with Gasteiger partial charge in [-0.2, -0.15) is 0 Å². The monoisotopic (exact) mass is 359 g/mol. The van der Waals surface area contributed by atoms with Crippen LogP contribution >= 0.6 is 11.6 Å². The van der Waals surface area contributed by atoms with Gasteiger partial charge in [-0.15, -0.1) is 0 Å². The van der Waals surface area contributed by atoms with Crippen LogP contribution in [-0.2, 0) is 0 Å². The summed E-state index contributed by atoms with van der Waals surface area (Å²) in [5.41, 5.74) is 0.385. The van der Waals surface area contributed by atoms with Crippen molar-refractivity contribution in [3.8, 4) is 11.5 Å². The summed E-state index contributed by atoms with van der Waals surface area (Å²) in [5.74, 6) is 0.772. The maximum absolute atomic E-state index is 12.1. The smallest absolute Gasteiger partial charge is 0.362 e. The number of ether oxygens (including phenoxy) is 2. The van der Waals surface area contributed by atoms with Crippen molar-refractivity contribution in [3.63, 3.8) is 0 Å². The Kier molecular flexibility index (Phi) is 4.63. The van der Waals surface area contributed by atoms with Crippen molar-refractivity contribution in [2.45, 2.75) is 0 Å². The molecule has 0 atom stereocenters. The van der Waals surface area contributed by atoms with E-state index >= 15 is 0 Å². The largest absolute Gasteiger partial charge is 0.507 e. The Morgan fingerprint density at radius 3 is 2.72 bits per heavy atom. The third-order valence-corrected chi connectivity index (χ3v) is 3.77. The van der Waals surface area contributed by atoms with Gasteiger partial charge < -0.3 is 19.0 Å². The van der Waals surface area contributed by atoms with Crippen LogP contribution in [0.5, 0.6) is 11.5 Å². The van der Waals surface area contributed by atoms with Crippen molar-refractivity contribution in [1.29, 1.82) is 0 Å². The van der Waals surface area contributed by atoms with Crippen molar-refractivity contribution in [2.24, 2.45) is 0 Å². The molecule has 0 spiro atoms. The number of fused-ring (bicyclic) bond motifs is 1. The number of aliphatic hydroxyl groups is 1. The Hall–Kier alpha value is -2.99. The molecule has 0 fully saturated rings. The Morgan fingerprint density at radius 2 is 2.00 bits per heavy atom. The van der Waals surface area contributed by atoms with Gasteiger partial charge in [-0.05, 0) is 30.3 Å². The van der Waals surface area contributed by atoms with E-state index in [1.165, 1.54) is 20.3 Å². The number of nitrogens with zero attached hydrogens (tertiary/aromatic N) is 1. The molecule has 0 unspecified atom stereocenters. The van der Waals surface area contributed by atoms with Crippen molar-refractivity contribution in [3.05, 3.63) is 63.1 Å². The Morgan fingerprint density at radius 1 is 1.20 bits per heavy atom. The van der Waals surface area contributed by atoms with Crippen molar-refractivity contribution < 1.29 is 19.0 Å². The molecular weight excluding hydrogens is 346 g/mol. The lowest BCUT2D eigenvalue weighted by Gasteiger charge is -2.09. The summed E-state index contributed by atoms with van der Waals surface area (Å²) in [6.45, 7) is 0. The topological polar surface area (TPSA) is 81.8 Å². The fourth-order valence-corrected chi connectivity index (χ4v) is 2.47. The molecule has 1 aromatic heterocycles. The fourth-order valence-electron chi connectivity index (χ4n) is 2.30. The molecule has 3 aromatic rings. The van der Waals surface area contributed by atoms with Gasteiger partial charge in [-0.25, -0.2) is 9.78 Å². The molecule has 0 aliphatic rings. The standard InChI is InChI=1S/C18H14ClNO5/c1-23-11-4-5-12(17(8-11)24-2)15(21)9-14-18(22)25-16-6-3-10(19)7-13(16)20-14/h3-9,21H,1-2H3. The second-order valence-corrected chi connectivity index (χ2v) is 5.53. The number of methoxy groups -OCH3 is 2. The zero-order chi connectivity index (χ0) is 18.0. The minimum absolute atomic E-state index is 0.0508. The highest BCUT2D eigenvalue weighted by molar-refractivity contribution is 6.31. The molecule has 0 aliphatic carbocycles. The fraction of sp³-hybridized carbons (Fsp3) is 0.111. The predicted molar refractivity (Wildman–Crippen MR) is 95.3 cm³/mol. The molecule has 1 heterocycles. The zero-order valence-electron chi connectivity index (χ0n) is 13.4. The molecule has 0 aliphatic heterocycles. The van der Waals surface area contributed by atoms with Crippen LogP contribution in [0.1, 0.15) is 11.3 Å². The lowest BCUT2D eigenvalue weighted by atomic mass is 10.1. The number of hydrogen-bond donors (Lipinski definition) is 1. The molecule has 0 saturated heterocycles. The predicted octanol–water partition coefficient (Wildman–Crippen LogP) is 3.91. The van der Waals surface area contributed by atoms with Crippen LogP contribution in [0.4, 0.5) is 0 Å². The third-order valence-electron chi connectivity index (χ3n) is 3.53. The van der Waals surface area contributed by atoms with E-state index < -0.39 is 5.63 Å². The average molecular weight is 360 g/mol. The Labute approximate surface area is 147 Å². The van der Waals surface area contributed by atoms with Crippen LogP contribution in [0.3, 0.4) is 0 Å². The summed E-state index contributed by atoms with van der Waals surface area (Å²) in [5, 5.41) is 10.9. The van der Waals surface area contributed by atoms with Gasteiger partial charge in [0.15, 0.2) is 11.3 Å². The van der Waals surface area contributed by atoms with Crippen LogP contribution in [0.2, 0.25) is 5.02 Å². The molecule has 0 amide bonds. The summed E-state index contributed by atoms with van der Waals surface area (Å²) in [6.07, 6.45) is 1.22. The van der Waals surface area contributed by atoms with Crippen molar-refractivity contribution in [2.75, 3.05) is 14.2 Å². The summed E-state index contributed by atoms with van der Waals surface area (Å²) in [6, 6.07) is 9.63. The first-order valence-corrected chi connectivity index (χ1v) is 7.63. The maximum Gasteiger partial charge on any atom is 0.362 e. The van der Waals surface area contributed by atoms with E-state index in [2.05, 4.69) is 4.98 Å². The Bertz CT molecular complexity index is 1030. The summed E-state index contributed by atoms with van der Waals surface area (Å²) < 4.78 is 15.6. The van der Waals surface area contributed by atoms with Gasteiger partial charge in [0.05, 0.1) is 19.8 Å². The highest BCUT2D eigenvalue weighted by Crippen LogP contribution is 2.29. The maximum atomic E-state index is 12.1. The molecule has 1 N–H and O–H groups in total. The normalized spacial score (nSPS) is 11.6. The number of hydrogen-bond acceptors (Lipinski definition) is 6. The first kappa shape index (κ1) is 16.9. The van der Waals surface area contributed by atoms with Crippen LogP contribution in [0.15, 0.2) is 45.6 Å². The molecule has 0 radical (unpaired) electrons. The van der Waals surface area contributed by atoms with Gasteiger partial charge in [0.25, 0.3) is 0 Å². The summed E-state index contributed by atoms with van der Waals surface area (Å²) >= 11 is 5.93. The van der Waals surface area contributed by atoms with Gasteiger partial charge >= 0.3 is 5.63 Å². The summed E-state index contributed by atoms with van der Waals surface area (Å²) in [4.78, 5) is 16.3. The van der Waals surface area contributed by atoms with E-state index in [-0.39, 0.29) is 11.5 Å². The molecule has 128 valence electrons. The van der Waals surface area contributed by atoms with E-state index in [1.807, 2.05) is 0 Å². The van der Waals surface area contributed by atoms with Crippen molar-refractivity contribution in [1.82, 2.24) is 4.98 Å². The minimum Gasteiger partial charge on any atom is -0.507 e. The number of aliphatic hydroxyl groups excluding tert-OH is 1. The lowest BCUT2D eigenvalue weighted by molar-refractivity contribution is 0.391. The van der Waals surface area contributed by atoms with Crippen LogP contribution < -0.4 is 15.1 Å². The van der Waals surface area contributed by atoms with Crippen LogP contribution in [0, 0.1) is 0 Å². The van der Waals surface area contributed by atoms with Crippen LogP contribution in [-0.4, -0.2) is 24.3 Å². The number of benzene rings is 2. The second-order valence-electron chi connectivity index (χ2n) is 5.09. The first-order chi connectivity index (χ1) is 12.0. The molecule has 3 rings (SSSR count). The Balaban J connectivity index is 2.09. The molecule has 0 bridgehead atoms. The number of rotatable bonds is 4. The molecule has 25 heavy (non-hydrogen) atoms. The van der Waals surface area contributed by atoms with Crippen LogP contribution in [0.25, 0.3) is 22.9 Å². The van der Waals surface area contributed by atoms with E-state index in [4.69, 9.17) is 25.5 Å². The van der Waals surface area contributed by atoms with E-state index in [0.29, 0.717) is 33.2 Å². The van der Waals surface area contributed by atoms with E-state index in [0.717, 1.165) is 0 Å². The zero-order valence-corrected chi connectivity index (χ0v) is 14.2. The van der Waals surface area contributed by atoms with Gasteiger partial charge in [-0.3, -0.25) is 0 Å². The van der Waals surface area contributed by atoms with Gasteiger partial charge in [-0.1, -0.05) is 11.6 Å². The minimum atomic E-state index is -0.672. The second kappa shape index (κ2) is 6.86. The molecule has 0 saturated carbocycles. The van der Waals surface area contributed by atoms with Gasteiger partial charge in [0.1, 0.15) is 22.8 Å². The number of aromatic nitrogens is 1. The van der Waals surface area contributed by atoms with E-state index in [9.17, 15) is 9.90 Å². The van der Waals surface area contributed by atoms with Gasteiger partial charge in [0, 0.05) is 17.2 Å². The first-order valence-electron chi connectivity index (χ1n) is 7.25. The summed E-state index contributed by atoms with van der Waals surface area (Å²) in [7, 11) is 3.00. The quantitative estimate of drug-likeness (QED) is 0.711. The number of halogens is 1. The third kappa shape index (κ3) is 3.44. The molecule has 2 aromatic carbocycles. The molecule has 7 heteroatoms. The SMILES string of the molecule is COc1ccc(C(O)=Cc2nc3cc(Cl)ccc3oc2=O)c(OC)c1. The average Bonchev–Trinajstić information content (AvgIpc) is 2.62. The highest BCUT2D eigenvalue weighted by Gasteiger charge is 2.12. The van der Waals surface area contributed by atoms with E-state index in [1.54, 1.807) is 36.4 Å². The molecular formula is C18H14ClNO5. The lowest BCUT2D eigenvalue weighted by Crippen LogP contribution is -2.06. The highest BCUT2D eigenvalue weighted by atomic mass is 35.5. The van der Waals surface area contributed by atoms with Gasteiger partial charge in [0.2, 0.25) is 0 Å².